The van der Waals surface area contributed by atoms with E-state index in [1.54, 1.807) is 19.5 Å². The van der Waals surface area contributed by atoms with Crippen molar-refractivity contribution in [2.45, 2.75) is 6.42 Å². The van der Waals surface area contributed by atoms with Gasteiger partial charge in [0.1, 0.15) is 23.1 Å². The minimum Gasteiger partial charge on any atom is -0.497 e. The largest absolute Gasteiger partial charge is 0.497 e. The second-order valence-electron chi connectivity index (χ2n) is 7.66. The molecule has 168 valence electrons. The van der Waals surface area contributed by atoms with Crippen molar-refractivity contribution in [3.05, 3.63) is 103 Å². The number of nitrogens with zero attached hydrogens (tertiary/aromatic N) is 3. The maximum absolute atomic E-state index is 12.6. The molecule has 2 aromatic heterocycles. The van der Waals surface area contributed by atoms with E-state index in [9.17, 15) is 4.79 Å². The molecule has 0 radical (unpaired) electrons. The number of methoxy groups -OCH3 is 1. The smallest absolute Gasteiger partial charge is 0.229 e. The second kappa shape index (κ2) is 9.46. The number of imidazole rings is 1. The van der Waals surface area contributed by atoms with Crippen LogP contribution < -0.4 is 14.8 Å². The van der Waals surface area contributed by atoms with Crippen molar-refractivity contribution in [1.29, 1.82) is 0 Å². The highest BCUT2D eigenvalue weighted by atomic mass is 16.5. The van der Waals surface area contributed by atoms with Crippen LogP contribution >= 0.6 is 0 Å². The van der Waals surface area contributed by atoms with Crippen LogP contribution in [0, 0.1) is 0 Å². The predicted molar refractivity (Wildman–Crippen MR) is 130 cm³/mol. The highest BCUT2D eigenvalue weighted by Crippen LogP contribution is 2.25. The molecule has 5 rings (SSSR count). The molecule has 3 aromatic carbocycles. The molecule has 0 saturated heterocycles. The van der Waals surface area contributed by atoms with E-state index in [0.717, 1.165) is 34.1 Å². The number of benzene rings is 3. The first-order chi connectivity index (χ1) is 16.7. The highest BCUT2D eigenvalue weighted by molar-refractivity contribution is 5.92. The second-order valence-corrected chi connectivity index (χ2v) is 7.66. The van der Waals surface area contributed by atoms with E-state index in [0.29, 0.717) is 11.5 Å². The highest BCUT2D eigenvalue weighted by Gasteiger charge is 2.11. The summed E-state index contributed by atoms with van der Waals surface area (Å²) in [5.41, 5.74) is 3.18. The van der Waals surface area contributed by atoms with Crippen LogP contribution in [-0.2, 0) is 11.2 Å². The molecule has 0 atom stereocenters. The predicted octanol–water partition coefficient (Wildman–Crippen LogP) is 5.38. The average molecular weight is 450 g/mol. The van der Waals surface area contributed by atoms with E-state index < -0.39 is 0 Å². The topological polar surface area (TPSA) is 77.8 Å². The van der Waals surface area contributed by atoms with Gasteiger partial charge in [-0.05, 0) is 54.1 Å². The minimum absolute atomic E-state index is 0.143. The van der Waals surface area contributed by atoms with Gasteiger partial charge in [-0.1, -0.05) is 30.3 Å². The molecule has 34 heavy (non-hydrogen) atoms. The van der Waals surface area contributed by atoms with Gasteiger partial charge in [0.25, 0.3) is 0 Å². The summed E-state index contributed by atoms with van der Waals surface area (Å²) in [6.45, 7) is 0. The van der Waals surface area contributed by atoms with Crippen molar-refractivity contribution < 1.29 is 14.3 Å². The molecule has 0 aliphatic carbocycles. The molecule has 1 N–H and O–H groups in total. The first kappa shape index (κ1) is 21.2. The first-order valence-electron chi connectivity index (χ1n) is 10.8. The molecule has 2 heterocycles. The van der Waals surface area contributed by atoms with Gasteiger partial charge in [-0.2, -0.15) is 0 Å². The summed E-state index contributed by atoms with van der Waals surface area (Å²) in [5.74, 6) is 2.68. The van der Waals surface area contributed by atoms with Crippen molar-refractivity contribution in [3.63, 3.8) is 0 Å². The fourth-order valence-corrected chi connectivity index (χ4v) is 3.60. The number of hydrogen-bond donors (Lipinski definition) is 1. The monoisotopic (exact) mass is 450 g/mol. The SMILES string of the molecule is COc1cccc(CC(=O)Nc2cnc3cnc(-c4ccc(Oc5ccccc5)cc4)cn23)c1. The molecule has 0 spiro atoms. The molecule has 0 aliphatic rings. The lowest BCUT2D eigenvalue weighted by Gasteiger charge is -2.09. The third kappa shape index (κ3) is 4.73. The summed E-state index contributed by atoms with van der Waals surface area (Å²) in [7, 11) is 1.60. The number of fused-ring (bicyclic) bond motifs is 1. The fraction of sp³-hybridized carbons (Fsp3) is 0.0741. The number of amides is 1. The minimum atomic E-state index is -0.143. The molecule has 0 saturated carbocycles. The summed E-state index contributed by atoms with van der Waals surface area (Å²) in [6.07, 6.45) is 5.39. The molecule has 7 heteroatoms. The number of carbonyl (C=O) groups is 1. The number of anilines is 1. The van der Waals surface area contributed by atoms with Gasteiger partial charge in [0.2, 0.25) is 5.91 Å². The molecule has 1 amide bonds. The number of ether oxygens (including phenoxy) is 2. The Labute approximate surface area is 196 Å². The first-order valence-corrected chi connectivity index (χ1v) is 10.8. The van der Waals surface area contributed by atoms with Gasteiger partial charge in [0, 0.05) is 11.8 Å². The molecule has 5 aromatic rings. The standard InChI is InChI=1S/C27H22N4O3/c1-33-23-9-5-6-19(14-23)15-27(32)30-26-17-29-25-16-28-24(18-31(25)26)20-10-12-22(13-11-20)34-21-7-3-2-4-8-21/h2-14,16-18H,15H2,1H3,(H,30,32). The van der Waals surface area contributed by atoms with E-state index in [1.165, 1.54) is 0 Å². The zero-order chi connectivity index (χ0) is 23.3. The summed E-state index contributed by atoms with van der Waals surface area (Å²) in [5, 5.41) is 2.94. The molecule has 0 unspecified atom stereocenters. The lowest BCUT2D eigenvalue weighted by atomic mass is 10.1. The van der Waals surface area contributed by atoms with Gasteiger partial charge in [-0.3, -0.25) is 14.2 Å². The van der Waals surface area contributed by atoms with Gasteiger partial charge >= 0.3 is 0 Å². The van der Waals surface area contributed by atoms with Gasteiger partial charge in [0.05, 0.1) is 31.6 Å². The van der Waals surface area contributed by atoms with Crippen LogP contribution in [0.3, 0.4) is 0 Å². The Morgan fingerprint density at radius 1 is 0.882 bits per heavy atom. The van der Waals surface area contributed by atoms with Crippen molar-refractivity contribution in [1.82, 2.24) is 14.4 Å². The van der Waals surface area contributed by atoms with Crippen molar-refractivity contribution in [3.8, 4) is 28.5 Å². The van der Waals surface area contributed by atoms with E-state index in [4.69, 9.17) is 9.47 Å². The molecule has 0 aliphatic heterocycles. The zero-order valence-electron chi connectivity index (χ0n) is 18.5. The van der Waals surface area contributed by atoms with E-state index >= 15 is 0 Å². The number of nitrogens with one attached hydrogen (secondary N) is 1. The molecular weight excluding hydrogens is 428 g/mol. The number of hydrogen-bond acceptors (Lipinski definition) is 5. The van der Waals surface area contributed by atoms with E-state index in [-0.39, 0.29) is 12.3 Å². The third-order valence-electron chi connectivity index (χ3n) is 5.29. The van der Waals surface area contributed by atoms with Crippen molar-refractivity contribution >= 4 is 17.4 Å². The zero-order valence-corrected chi connectivity index (χ0v) is 18.5. The van der Waals surface area contributed by atoms with Gasteiger partial charge in [0.15, 0.2) is 5.65 Å². The van der Waals surface area contributed by atoms with Crippen LogP contribution in [0.5, 0.6) is 17.2 Å². The Bertz CT molecular complexity index is 1430. The maximum Gasteiger partial charge on any atom is 0.229 e. The summed E-state index contributed by atoms with van der Waals surface area (Å²) >= 11 is 0. The normalized spacial score (nSPS) is 10.7. The Hall–Kier alpha value is -4.65. The number of carbonyl (C=O) groups excluding carboxylic acids is 1. The summed E-state index contributed by atoms with van der Waals surface area (Å²) in [4.78, 5) is 21.5. The third-order valence-corrected chi connectivity index (χ3v) is 5.29. The Morgan fingerprint density at radius 3 is 2.44 bits per heavy atom. The maximum atomic E-state index is 12.6. The Morgan fingerprint density at radius 2 is 1.65 bits per heavy atom. The molecule has 0 fully saturated rings. The van der Waals surface area contributed by atoms with Crippen molar-refractivity contribution in [2.75, 3.05) is 12.4 Å². The van der Waals surface area contributed by atoms with E-state index in [2.05, 4.69) is 15.3 Å². The van der Waals surface area contributed by atoms with Crippen LogP contribution in [0.2, 0.25) is 0 Å². The lowest BCUT2D eigenvalue weighted by molar-refractivity contribution is -0.115. The summed E-state index contributed by atoms with van der Waals surface area (Å²) < 4.78 is 12.9. The summed E-state index contributed by atoms with van der Waals surface area (Å²) in [6, 6.07) is 24.8. The average Bonchev–Trinajstić information content (AvgIpc) is 3.27. The van der Waals surface area contributed by atoms with Gasteiger partial charge < -0.3 is 14.8 Å². The Balaban J connectivity index is 1.33. The lowest BCUT2D eigenvalue weighted by Crippen LogP contribution is -2.15. The Kier molecular flexibility index (Phi) is 5.90. The van der Waals surface area contributed by atoms with Crippen LogP contribution in [-0.4, -0.2) is 27.4 Å². The van der Waals surface area contributed by atoms with Gasteiger partial charge in [-0.25, -0.2) is 4.98 Å². The molecule has 0 bridgehead atoms. The number of rotatable bonds is 7. The van der Waals surface area contributed by atoms with E-state index in [1.807, 2.05) is 89.5 Å². The van der Waals surface area contributed by atoms with Crippen LogP contribution in [0.1, 0.15) is 5.56 Å². The number of aromatic nitrogens is 3. The van der Waals surface area contributed by atoms with Crippen LogP contribution in [0.4, 0.5) is 5.82 Å². The fourth-order valence-electron chi connectivity index (χ4n) is 3.60. The van der Waals surface area contributed by atoms with Crippen LogP contribution in [0.15, 0.2) is 97.5 Å². The number of para-hydroxylation sites is 1. The van der Waals surface area contributed by atoms with Crippen molar-refractivity contribution in [2.24, 2.45) is 0 Å². The molecular formula is C27H22N4O3. The van der Waals surface area contributed by atoms with Gasteiger partial charge in [-0.15, -0.1) is 0 Å². The molecule has 7 nitrogen and oxygen atoms in total. The van der Waals surface area contributed by atoms with Crippen LogP contribution in [0.25, 0.3) is 16.9 Å². The quantitative estimate of drug-likeness (QED) is 0.360.